The summed E-state index contributed by atoms with van der Waals surface area (Å²) in [6, 6.07) is 4.84. The zero-order chi connectivity index (χ0) is 15.5. The smallest absolute Gasteiger partial charge is 0.350 e. The molecular formula is C13H13F3N4O. The number of aromatic nitrogens is 3. The predicted octanol–water partition coefficient (Wildman–Crippen LogP) is 1.92. The van der Waals surface area contributed by atoms with E-state index in [9.17, 15) is 18.0 Å². The Morgan fingerprint density at radius 2 is 2.14 bits per heavy atom. The van der Waals surface area contributed by atoms with Gasteiger partial charge >= 0.3 is 6.18 Å². The van der Waals surface area contributed by atoms with Gasteiger partial charge in [0, 0.05) is 6.54 Å². The standard InChI is InChI=1S/C13H13F3N4O/c1-9-6-18-19-20(9)8-12(21)17-7-10-3-2-4-11(5-10)13(14,15)16/h2-6H,7-8H2,1H3,(H,17,21). The molecule has 1 aromatic carbocycles. The zero-order valence-corrected chi connectivity index (χ0v) is 11.2. The minimum Gasteiger partial charge on any atom is -0.350 e. The fraction of sp³-hybridized carbons (Fsp3) is 0.308. The van der Waals surface area contributed by atoms with Gasteiger partial charge in [-0.25, -0.2) is 4.68 Å². The first-order valence-electron chi connectivity index (χ1n) is 6.14. The Balaban J connectivity index is 1.94. The van der Waals surface area contributed by atoms with Crippen LogP contribution in [0.25, 0.3) is 0 Å². The molecule has 0 unspecified atom stereocenters. The summed E-state index contributed by atoms with van der Waals surface area (Å²) in [5.41, 5.74) is 0.374. The van der Waals surface area contributed by atoms with Gasteiger partial charge in [0.05, 0.1) is 17.5 Å². The van der Waals surface area contributed by atoms with Gasteiger partial charge in [-0.3, -0.25) is 4.79 Å². The van der Waals surface area contributed by atoms with Gasteiger partial charge in [-0.15, -0.1) is 5.10 Å². The molecule has 1 heterocycles. The Labute approximate surface area is 118 Å². The molecule has 21 heavy (non-hydrogen) atoms. The SMILES string of the molecule is Cc1cnnn1CC(=O)NCc1cccc(C(F)(F)F)c1. The van der Waals surface area contributed by atoms with E-state index < -0.39 is 11.7 Å². The third kappa shape index (κ3) is 4.04. The van der Waals surface area contributed by atoms with Crippen LogP contribution in [-0.2, 0) is 24.1 Å². The number of hydrogen-bond acceptors (Lipinski definition) is 3. The molecule has 1 aromatic heterocycles. The lowest BCUT2D eigenvalue weighted by Gasteiger charge is -2.10. The molecule has 0 spiro atoms. The van der Waals surface area contributed by atoms with E-state index in [0.29, 0.717) is 5.56 Å². The van der Waals surface area contributed by atoms with Gasteiger partial charge in [0.25, 0.3) is 0 Å². The number of amides is 1. The van der Waals surface area contributed by atoms with Crippen LogP contribution >= 0.6 is 0 Å². The summed E-state index contributed by atoms with van der Waals surface area (Å²) in [7, 11) is 0. The fourth-order valence-electron chi connectivity index (χ4n) is 1.72. The number of benzene rings is 1. The van der Waals surface area contributed by atoms with E-state index in [2.05, 4.69) is 15.6 Å². The van der Waals surface area contributed by atoms with Crippen molar-refractivity contribution in [2.75, 3.05) is 0 Å². The van der Waals surface area contributed by atoms with Crippen molar-refractivity contribution in [1.29, 1.82) is 0 Å². The first kappa shape index (κ1) is 15.0. The highest BCUT2D eigenvalue weighted by Crippen LogP contribution is 2.29. The van der Waals surface area contributed by atoms with Crippen molar-refractivity contribution in [2.24, 2.45) is 0 Å². The zero-order valence-electron chi connectivity index (χ0n) is 11.2. The lowest BCUT2D eigenvalue weighted by atomic mass is 10.1. The number of alkyl halides is 3. The molecule has 1 amide bonds. The second-order valence-electron chi connectivity index (χ2n) is 4.51. The van der Waals surface area contributed by atoms with Gasteiger partial charge < -0.3 is 5.32 Å². The Morgan fingerprint density at radius 1 is 1.38 bits per heavy atom. The van der Waals surface area contributed by atoms with Crippen LogP contribution in [0.1, 0.15) is 16.8 Å². The molecular weight excluding hydrogens is 285 g/mol. The van der Waals surface area contributed by atoms with Gasteiger partial charge in [0.2, 0.25) is 5.91 Å². The van der Waals surface area contributed by atoms with E-state index in [1.807, 2.05) is 0 Å². The molecule has 8 heteroatoms. The maximum atomic E-state index is 12.6. The van der Waals surface area contributed by atoms with Crippen molar-refractivity contribution in [3.05, 3.63) is 47.3 Å². The van der Waals surface area contributed by atoms with E-state index in [1.54, 1.807) is 6.92 Å². The molecule has 0 aliphatic heterocycles. The maximum Gasteiger partial charge on any atom is 0.416 e. The minimum absolute atomic E-state index is 0.0230. The Bertz CT molecular complexity index is 636. The number of nitrogens with one attached hydrogen (secondary N) is 1. The highest BCUT2D eigenvalue weighted by Gasteiger charge is 2.30. The fourth-order valence-corrected chi connectivity index (χ4v) is 1.72. The van der Waals surface area contributed by atoms with Crippen molar-refractivity contribution in [2.45, 2.75) is 26.2 Å². The molecule has 0 saturated heterocycles. The summed E-state index contributed by atoms with van der Waals surface area (Å²) in [5.74, 6) is -0.346. The van der Waals surface area contributed by atoms with Crippen LogP contribution in [0.4, 0.5) is 13.2 Å². The van der Waals surface area contributed by atoms with Crippen LogP contribution in [-0.4, -0.2) is 20.9 Å². The Hall–Kier alpha value is -2.38. The Morgan fingerprint density at radius 3 is 2.76 bits per heavy atom. The van der Waals surface area contributed by atoms with Crippen molar-refractivity contribution in [3.63, 3.8) is 0 Å². The van der Waals surface area contributed by atoms with Crippen LogP contribution in [0.15, 0.2) is 30.5 Å². The van der Waals surface area contributed by atoms with E-state index in [0.717, 1.165) is 17.8 Å². The van der Waals surface area contributed by atoms with Crippen molar-refractivity contribution >= 4 is 5.91 Å². The third-order valence-electron chi connectivity index (χ3n) is 2.85. The number of nitrogens with zero attached hydrogens (tertiary/aromatic N) is 3. The first-order valence-corrected chi connectivity index (χ1v) is 6.14. The van der Waals surface area contributed by atoms with Gasteiger partial charge in [0.1, 0.15) is 6.54 Å². The topological polar surface area (TPSA) is 59.8 Å². The monoisotopic (exact) mass is 298 g/mol. The van der Waals surface area contributed by atoms with Crippen molar-refractivity contribution in [3.8, 4) is 0 Å². The summed E-state index contributed by atoms with van der Waals surface area (Å²) >= 11 is 0. The van der Waals surface area contributed by atoms with Crippen molar-refractivity contribution in [1.82, 2.24) is 20.3 Å². The highest BCUT2D eigenvalue weighted by molar-refractivity contribution is 5.75. The van der Waals surface area contributed by atoms with Crippen LogP contribution in [0.3, 0.4) is 0 Å². The predicted molar refractivity (Wildman–Crippen MR) is 68.0 cm³/mol. The lowest BCUT2D eigenvalue weighted by Crippen LogP contribution is -2.28. The second kappa shape index (κ2) is 5.94. The van der Waals surface area contributed by atoms with Gasteiger partial charge in [-0.2, -0.15) is 13.2 Å². The van der Waals surface area contributed by atoms with E-state index in [1.165, 1.54) is 23.0 Å². The molecule has 5 nitrogen and oxygen atoms in total. The van der Waals surface area contributed by atoms with Crippen LogP contribution in [0.2, 0.25) is 0 Å². The lowest BCUT2D eigenvalue weighted by molar-refractivity contribution is -0.137. The molecule has 0 aliphatic carbocycles. The van der Waals surface area contributed by atoms with Gasteiger partial charge in [0.15, 0.2) is 0 Å². The number of aryl methyl sites for hydroxylation is 1. The largest absolute Gasteiger partial charge is 0.416 e. The number of hydrogen-bond donors (Lipinski definition) is 1. The molecule has 112 valence electrons. The summed E-state index contributed by atoms with van der Waals surface area (Å²) in [6.07, 6.45) is -2.88. The molecule has 2 rings (SSSR count). The molecule has 0 saturated carbocycles. The highest BCUT2D eigenvalue weighted by atomic mass is 19.4. The first-order chi connectivity index (χ1) is 9.86. The van der Waals surface area contributed by atoms with Gasteiger partial charge in [-0.05, 0) is 24.6 Å². The average Bonchev–Trinajstić information content (AvgIpc) is 2.81. The molecule has 0 fully saturated rings. The molecule has 0 bridgehead atoms. The normalized spacial score (nSPS) is 11.4. The van der Waals surface area contributed by atoms with E-state index in [-0.39, 0.29) is 19.0 Å². The summed E-state index contributed by atoms with van der Waals surface area (Å²) < 4.78 is 39.1. The molecule has 2 aromatic rings. The number of carbonyl (C=O) groups excluding carboxylic acids is 1. The van der Waals surface area contributed by atoms with Crippen LogP contribution in [0, 0.1) is 6.92 Å². The number of rotatable bonds is 4. The maximum absolute atomic E-state index is 12.6. The van der Waals surface area contributed by atoms with E-state index >= 15 is 0 Å². The summed E-state index contributed by atoms with van der Waals surface area (Å²) in [4.78, 5) is 11.7. The number of carbonyl (C=O) groups is 1. The van der Waals surface area contributed by atoms with Crippen LogP contribution < -0.4 is 5.32 Å². The summed E-state index contributed by atoms with van der Waals surface area (Å²) in [5, 5.41) is 9.90. The minimum atomic E-state index is -4.39. The molecule has 1 N–H and O–H groups in total. The van der Waals surface area contributed by atoms with E-state index in [4.69, 9.17) is 0 Å². The van der Waals surface area contributed by atoms with Crippen LogP contribution in [0.5, 0.6) is 0 Å². The quantitative estimate of drug-likeness (QED) is 0.938. The Kier molecular flexibility index (Phi) is 4.25. The van der Waals surface area contributed by atoms with Crippen molar-refractivity contribution < 1.29 is 18.0 Å². The molecule has 0 radical (unpaired) electrons. The number of halogens is 3. The van der Waals surface area contributed by atoms with Gasteiger partial charge in [-0.1, -0.05) is 17.3 Å². The third-order valence-corrected chi connectivity index (χ3v) is 2.85. The molecule has 0 aliphatic rings. The summed E-state index contributed by atoms with van der Waals surface area (Å²) in [6.45, 7) is 1.75. The average molecular weight is 298 g/mol. The molecule has 0 atom stereocenters. The second-order valence-corrected chi connectivity index (χ2v) is 4.51.